The van der Waals surface area contributed by atoms with Crippen LogP contribution in [0.3, 0.4) is 0 Å². The van der Waals surface area contributed by atoms with E-state index in [9.17, 15) is 9.59 Å². The highest BCUT2D eigenvalue weighted by Crippen LogP contribution is 2.27. The molecule has 22 heavy (non-hydrogen) atoms. The Kier molecular flexibility index (Phi) is 4.40. The van der Waals surface area contributed by atoms with Crippen molar-refractivity contribution in [3.05, 3.63) is 29.8 Å². The molecule has 6 heteroatoms. The van der Waals surface area contributed by atoms with Crippen molar-refractivity contribution in [2.45, 2.75) is 6.42 Å². The number of nitrogens with two attached hydrogens (primary N) is 1. The van der Waals surface area contributed by atoms with Gasteiger partial charge in [0.05, 0.1) is 13.1 Å². The van der Waals surface area contributed by atoms with Crippen molar-refractivity contribution in [1.29, 1.82) is 0 Å². The molecule has 2 heterocycles. The van der Waals surface area contributed by atoms with Gasteiger partial charge in [0.15, 0.2) is 0 Å². The van der Waals surface area contributed by atoms with Crippen LogP contribution in [0.15, 0.2) is 24.3 Å². The van der Waals surface area contributed by atoms with Crippen LogP contribution in [0.25, 0.3) is 0 Å². The number of hydrogen-bond donors (Lipinski definition) is 1. The second kappa shape index (κ2) is 6.46. The fourth-order valence-electron chi connectivity index (χ4n) is 3.16. The zero-order valence-corrected chi connectivity index (χ0v) is 12.7. The number of piperazine rings is 1. The topological polar surface area (TPSA) is 69.9 Å². The van der Waals surface area contributed by atoms with Gasteiger partial charge in [-0.15, -0.1) is 0 Å². The van der Waals surface area contributed by atoms with Crippen molar-refractivity contribution >= 4 is 17.5 Å². The quantitative estimate of drug-likeness (QED) is 0.831. The Labute approximate surface area is 130 Å². The molecule has 0 bridgehead atoms. The van der Waals surface area contributed by atoms with Crippen molar-refractivity contribution in [3.63, 3.8) is 0 Å². The van der Waals surface area contributed by atoms with Gasteiger partial charge in [0, 0.05) is 38.4 Å². The molecular formula is C16H22N4O2. The van der Waals surface area contributed by atoms with Crippen LogP contribution in [-0.4, -0.2) is 67.4 Å². The predicted octanol–water partition coefficient (Wildman–Crippen LogP) is -0.321. The van der Waals surface area contributed by atoms with Crippen molar-refractivity contribution < 1.29 is 9.59 Å². The molecule has 0 unspecified atom stereocenters. The summed E-state index contributed by atoms with van der Waals surface area (Å²) in [6, 6.07) is 8.08. The molecule has 0 saturated carbocycles. The number of nitrogens with zero attached hydrogens (tertiary/aromatic N) is 3. The van der Waals surface area contributed by atoms with E-state index in [-0.39, 0.29) is 18.4 Å². The number of hydrogen-bond acceptors (Lipinski definition) is 4. The fraction of sp³-hybridized carbons (Fsp3) is 0.500. The van der Waals surface area contributed by atoms with E-state index in [1.165, 1.54) is 5.56 Å². The van der Waals surface area contributed by atoms with Crippen LogP contribution < -0.4 is 10.6 Å². The van der Waals surface area contributed by atoms with E-state index in [2.05, 4.69) is 11.0 Å². The Bertz CT molecular complexity index is 567. The lowest BCUT2D eigenvalue weighted by molar-refractivity contribution is -0.131. The molecule has 3 rings (SSSR count). The van der Waals surface area contributed by atoms with Gasteiger partial charge in [0.1, 0.15) is 0 Å². The van der Waals surface area contributed by atoms with Crippen molar-refractivity contribution in [2.24, 2.45) is 5.73 Å². The maximum absolute atomic E-state index is 12.5. The lowest BCUT2D eigenvalue weighted by atomic mass is 10.2. The van der Waals surface area contributed by atoms with Gasteiger partial charge in [-0.3, -0.25) is 14.5 Å². The van der Waals surface area contributed by atoms with E-state index in [4.69, 9.17) is 5.73 Å². The van der Waals surface area contributed by atoms with E-state index in [1.807, 2.05) is 23.1 Å². The summed E-state index contributed by atoms with van der Waals surface area (Å²) in [6.45, 7) is 4.01. The molecule has 0 radical (unpaired) electrons. The molecule has 0 aromatic heterocycles. The van der Waals surface area contributed by atoms with Gasteiger partial charge in [-0.25, -0.2) is 0 Å². The van der Waals surface area contributed by atoms with Crippen LogP contribution >= 0.6 is 0 Å². The monoisotopic (exact) mass is 302 g/mol. The SMILES string of the molecule is NCC(=O)N1CCN(CC(=O)N2CCc3ccccc32)CC1. The molecule has 2 aliphatic heterocycles. The maximum Gasteiger partial charge on any atom is 0.241 e. The van der Waals surface area contributed by atoms with Crippen LogP contribution in [0.2, 0.25) is 0 Å². The highest BCUT2D eigenvalue weighted by molar-refractivity contribution is 5.96. The second-order valence-corrected chi connectivity index (χ2v) is 5.79. The van der Waals surface area contributed by atoms with Crippen LogP contribution in [0.5, 0.6) is 0 Å². The normalized spacial score (nSPS) is 18.4. The largest absolute Gasteiger partial charge is 0.339 e. The Balaban J connectivity index is 1.55. The number of fused-ring (bicyclic) bond motifs is 1. The number of carbonyl (C=O) groups excluding carboxylic acids is 2. The van der Waals surface area contributed by atoms with Gasteiger partial charge in [-0.2, -0.15) is 0 Å². The number of amides is 2. The van der Waals surface area contributed by atoms with Crippen molar-refractivity contribution in [2.75, 3.05) is 50.7 Å². The first-order valence-electron chi connectivity index (χ1n) is 7.77. The lowest BCUT2D eigenvalue weighted by Gasteiger charge is -2.34. The molecule has 0 atom stereocenters. The number of anilines is 1. The number of benzene rings is 1. The zero-order valence-electron chi connectivity index (χ0n) is 12.7. The first-order chi connectivity index (χ1) is 10.7. The lowest BCUT2D eigenvalue weighted by Crippen LogP contribution is -2.52. The number of rotatable bonds is 3. The van der Waals surface area contributed by atoms with Gasteiger partial charge < -0.3 is 15.5 Å². The average Bonchev–Trinajstić information content (AvgIpc) is 2.99. The Hall–Kier alpha value is -1.92. The molecular weight excluding hydrogens is 280 g/mol. The van der Waals surface area contributed by atoms with Crippen LogP contribution in [-0.2, 0) is 16.0 Å². The minimum absolute atomic E-state index is 0.0144. The Morgan fingerprint density at radius 3 is 2.45 bits per heavy atom. The molecule has 1 saturated heterocycles. The summed E-state index contributed by atoms with van der Waals surface area (Å²) in [4.78, 5) is 29.8. The molecule has 118 valence electrons. The molecule has 2 N–H and O–H groups in total. The molecule has 2 amide bonds. The van der Waals surface area contributed by atoms with Gasteiger partial charge >= 0.3 is 0 Å². The smallest absolute Gasteiger partial charge is 0.241 e. The summed E-state index contributed by atoms with van der Waals surface area (Å²) in [5, 5.41) is 0. The van der Waals surface area contributed by atoms with Gasteiger partial charge in [-0.05, 0) is 18.1 Å². The Morgan fingerprint density at radius 2 is 1.73 bits per heavy atom. The third-order valence-corrected chi connectivity index (χ3v) is 4.45. The molecule has 1 fully saturated rings. The second-order valence-electron chi connectivity index (χ2n) is 5.79. The third-order valence-electron chi connectivity index (χ3n) is 4.45. The molecule has 2 aliphatic rings. The van der Waals surface area contributed by atoms with E-state index in [0.717, 1.165) is 31.7 Å². The highest BCUT2D eigenvalue weighted by atomic mass is 16.2. The summed E-state index contributed by atoms with van der Waals surface area (Å²) in [6.07, 6.45) is 0.931. The minimum atomic E-state index is -0.0144. The molecule has 6 nitrogen and oxygen atoms in total. The molecule has 0 spiro atoms. The summed E-state index contributed by atoms with van der Waals surface area (Å²) in [5.41, 5.74) is 7.67. The van der Waals surface area contributed by atoms with E-state index >= 15 is 0 Å². The maximum atomic E-state index is 12.5. The van der Waals surface area contributed by atoms with Crippen LogP contribution in [0, 0.1) is 0 Å². The zero-order chi connectivity index (χ0) is 15.5. The van der Waals surface area contributed by atoms with E-state index < -0.39 is 0 Å². The van der Waals surface area contributed by atoms with E-state index in [1.54, 1.807) is 4.90 Å². The summed E-state index contributed by atoms with van der Waals surface area (Å²) < 4.78 is 0. The van der Waals surface area contributed by atoms with Crippen molar-refractivity contribution in [3.8, 4) is 0 Å². The summed E-state index contributed by atoms with van der Waals surface area (Å²) in [5.74, 6) is 0.128. The average molecular weight is 302 g/mol. The first-order valence-corrected chi connectivity index (χ1v) is 7.77. The molecule has 1 aromatic rings. The van der Waals surface area contributed by atoms with Gasteiger partial charge in [0.2, 0.25) is 11.8 Å². The fourth-order valence-corrected chi connectivity index (χ4v) is 3.16. The standard InChI is InChI=1S/C16H22N4O2/c17-11-15(21)19-9-7-18(8-10-19)12-16(22)20-6-5-13-3-1-2-4-14(13)20/h1-4H,5-12,17H2. The number of para-hydroxylation sites is 1. The minimum Gasteiger partial charge on any atom is -0.339 e. The van der Waals surface area contributed by atoms with Gasteiger partial charge in [-0.1, -0.05) is 18.2 Å². The third kappa shape index (κ3) is 2.98. The highest BCUT2D eigenvalue weighted by Gasteiger charge is 2.27. The predicted molar refractivity (Wildman–Crippen MR) is 84.6 cm³/mol. The summed E-state index contributed by atoms with van der Waals surface area (Å²) >= 11 is 0. The van der Waals surface area contributed by atoms with Crippen LogP contribution in [0.1, 0.15) is 5.56 Å². The molecule has 1 aromatic carbocycles. The first kappa shape index (κ1) is 15.0. The summed E-state index contributed by atoms with van der Waals surface area (Å²) in [7, 11) is 0. The van der Waals surface area contributed by atoms with Crippen LogP contribution in [0.4, 0.5) is 5.69 Å². The van der Waals surface area contributed by atoms with Gasteiger partial charge in [0.25, 0.3) is 0 Å². The van der Waals surface area contributed by atoms with E-state index in [0.29, 0.717) is 19.6 Å². The van der Waals surface area contributed by atoms with Crippen molar-refractivity contribution in [1.82, 2.24) is 9.80 Å². The molecule has 0 aliphatic carbocycles. The number of carbonyl (C=O) groups is 2. The Morgan fingerprint density at radius 1 is 1.00 bits per heavy atom.